The Bertz CT molecular complexity index is 152. The lowest BCUT2D eigenvalue weighted by Crippen LogP contribution is -2.42. The summed E-state index contributed by atoms with van der Waals surface area (Å²) < 4.78 is 5.28. The molecule has 1 aliphatic rings. The molecule has 0 aromatic carbocycles. The van der Waals surface area contributed by atoms with E-state index in [1.54, 1.807) is 0 Å². The molecule has 4 heteroatoms. The number of nitrogens with one attached hydrogen (secondary N) is 1. The van der Waals surface area contributed by atoms with Gasteiger partial charge in [0.15, 0.2) is 0 Å². The second kappa shape index (κ2) is 4.42. The molecule has 4 nitrogen and oxygen atoms in total. The number of carbonyl (C=O) groups excluding carboxylic acids is 1. The first-order valence-corrected chi connectivity index (χ1v) is 4.22. The summed E-state index contributed by atoms with van der Waals surface area (Å²) in [6.45, 7) is 2.09. The van der Waals surface area contributed by atoms with Crippen LogP contribution < -0.4 is 5.32 Å². The Labute approximate surface area is 71.9 Å². The van der Waals surface area contributed by atoms with Gasteiger partial charge in [0.1, 0.15) is 0 Å². The summed E-state index contributed by atoms with van der Waals surface area (Å²) in [6, 6.07) is 0.130. The van der Waals surface area contributed by atoms with Crippen LogP contribution in [-0.4, -0.2) is 36.4 Å². The lowest BCUT2D eigenvalue weighted by atomic mass is 10.1. The fourth-order valence-electron chi connectivity index (χ4n) is 1.35. The van der Waals surface area contributed by atoms with Gasteiger partial charge in [0, 0.05) is 6.92 Å². The van der Waals surface area contributed by atoms with E-state index in [0.29, 0.717) is 6.61 Å². The predicted octanol–water partition coefficient (Wildman–Crippen LogP) is -0.338. The average molecular weight is 173 g/mol. The van der Waals surface area contributed by atoms with Crippen molar-refractivity contribution in [1.82, 2.24) is 5.32 Å². The highest BCUT2D eigenvalue weighted by Gasteiger charge is 2.20. The molecule has 0 spiro atoms. The van der Waals surface area contributed by atoms with Crippen LogP contribution in [0.2, 0.25) is 0 Å². The quantitative estimate of drug-likeness (QED) is 0.600. The highest BCUT2D eigenvalue weighted by atomic mass is 16.5. The van der Waals surface area contributed by atoms with Crippen molar-refractivity contribution in [3.8, 4) is 0 Å². The third-order valence-electron chi connectivity index (χ3n) is 1.98. The monoisotopic (exact) mass is 173 g/mol. The topological polar surface area (TPSA) is 58.6 Å². The lowest BCUT2D eigenvalue weighted by molar-refractivity contribution is -0.121. The van der Waals surface area contributed by atoms with E-state index in [0.717, 1.165) is 12.8 Å². The number of aliphatic hydroxyl groups excluding tert-OH is 1. The van der Waals surface area contributed by atoms with Gasteiger partial charge >= 0.3 is 0 Å². The third-order valence-corrected chi connectivity index (χ3v) is 1.98. The fraction of sp³-hybridized carbons (Fsp3) is 0.875. The van der Waals surface area contributed by atoms with Crippen LogP contribution in [0, 0.1) is 0 Å². The SMILES string of the molecule is CC(=O)N[C@H]1CC[C@H](CO)OC1. The maximum absolute atomic E-state index is 10.6. The third kappa shape index (κ3) is 2.79. The highest BCUT2D eigenvalue weighted by molar-refractivity contribution is 5.73. The van der Waals surface area contributed by atoms with Gasteiger partial charge in [-0.05, 0) is 12.8 Å². The van der Waals surface area contributed by atoms with Gasteiger partial charge in [0.2, 0.25) is 5.91 Å². The summed E-state index contributed by atoms with van der Waals surface area (Å²) >= 11 is 0. The second-order valence-electron chi connectivity index (χ2n) is 3.11. The molecular weight excluding hydrogens is 158 g/mol. The number of aliphatic hydroxyl groups is 1. The minimum atomic E-state index is -0.0324. The number of rotatable bonds is 2. The molecule has 1 fully saturated rings. The summed E-state index contributed by atoms with van der Waals surface area (Å²) in [5.74, 6) is -0.0222. The van der Waals surface area contributed by atoms with Gasteiger partial charge in [-0.15, -0.1) is 0 Å². The zero-order valence-electron chi connectivity index (χ0n) is 7.25. The van der Waals surface area contributed by atoms with Crippen LogP contribution in [0.25, 0.3) is 0 Å². The summed E-state index contributed by atoms with van der Waals surface area (Å²) in [5, 5.41) is 11.5. The number of ether oxygens (including phenoxy) is 1. The molecule has 1 heterocycles. The van der Waals surface area contributed by atoms with E-state index < -0.39 is 0 Å². The van der Waals surface area contributed by atoms with Crippen LogP contribution in [0.3, 0.4) is 0 Å². The van der Waals surface area contributed by atoms with E-state index in [9.17, 15) is 4.79 Å². The van der Waals surface area contributed by atoms with Crippen molar-refractivity contribution in [2.24, 2.45) is 0 Å². The van der Waals surface area contributed by atoms with Gasteiger partial charge < -0.3 is 15.2 Å². The molecule has 0 radical (unpaired) electrons. The van der Waals surface area contributed by atoms with Gasteiger partial charge in [-0.3, -0.25) is 4.79 Å². The normalized spacial score (nSPS) is 29.8. The van der Waals surface area contributed by atoms with Crippen LogP contribution in [-0.2, 0) is 9.53 Å². The molecular formula is C8H15NO3. The summed E-state index contributed by atoms with van der Waals surface area (Å²) in [6.07, 6.45) is 1.68. The van der Waals surface area contributed by atoms with Gasteiger partial charge in [-0.2, -0.15) is 0 Å². The van der Waals surface area contributed by atoms with Gasteiger partial charge in [0.05, 0.1) is 25.4 Å². The Morgan fingerprint density at radius 3 is 2.83 bits per heavy atom. The highest BCUT2D eigenvalue weighted by Crippen LogP contribution is 2.12. The van der Waals surface area contributed by atoms with E-state index in [2.05, 4.69) is 5.32 Å². The van der Waals surface area contributed by atoms with E-state index in [1.807, 2.05) is 0 Å². The average Bonchev–Trinajstić information content (AvgIpc) is 2.05. The molecule has 1 amide bonds. The van der Waals surface area contributed by atoms with Crippen molar-refractivity contribution in [2.45, 2.75) is 31.9 Å². The van der Waals surface area contributed by atoms with E-state index in [1.165, 1.54) is 6.92 Å². The van der Waals surface area contributed by atoms with Gasteiger partial charge in [-0.1, -0.05) is 0 Å². The zero-order valence-corrected chi connectivity index (χ0v) is 7.25. The van der Waals surface area contributed by atoms with E-state index in [4.69, 9.17) is 9.84 Å². The van der Waals surface area contributed by atoms with Crippen molar-refractivity contribution in [2.75, 3.05) is 13.2 Å². The van der Waals surface area contributed by atoms with Crippen molar-refractivity contribution in [3.63, 3.8) is 0 Å². The summed E-state index contributed by atoms with van der Waals surface area (Å²) in [7, 11) is 0. The minimum absolute atomic E-state index is 0.0222. The predicted molar refractivity (Wildman–Crippen MR) is 43.7 cm³/mol. The lowest BCUT2D eigenvalue weighted by Gasteiger charge is -2.28. The molecule has 0 unspecified atom stereocenters. The molecule has 0 aliphatic carbocycles. The van der Waals surface area contributed by atoms with Crippen LogP contribution >= 0.6 is 0 Å². The molecule has 0 saturated carbocycles. The van der Waals surface area contributed by atoms with Crippen LogP contribution in [0.5, 0.6) is 0 Å². The summed E-state index contributed by atoms with van der Waals surface area (Å²) in [4.78, 5) is 10.6. The Hall–Kier alpha value is -0.610. The molecule has 70 valence electrons. The zero-order chi connectivity index (χ0) is 8.97. The fourth-order valence-corrected chi connectivity index (χ4v) is 1.35. The smallest absolute Gasteiger partial charge is 0.217 e. The van der Waals surface area contributed by atoms with Gasteiger partial charge in [0.25, 0.3) is 0 Å². The molecule has 1 saturated heterocycles. The van der Waals surface area contributed by atoms with Crippen molar-refractivity contribution in [1.29, 1.82) is 0 Å². The number of amides is 1. The minimum Gasteiger partial charge on any atom is -0.394 e. The van der Waals surface area contributed by atoms with E-state index in [-0.39, 0.29) is 24.7 Å². The number of hydrogen-bond donors (Lipinski definition) is 2. The van der Waals surface area contributed by atoms with E-state index >= 15 is 0 Å². The molecule has 1 rings (SSSR count). The van der Waals surface area contributed by atoms with Crippen molar-refractivity contribution in [3.05, 3.63) is 0 Å². The molecule has 2 N–H and O–H groups in total. The Balaban J connectivity index is 2.21. The molecule has 2 atom stereocenters. The van der Waals surface area contributed by atoms with Crippen LogP contribution in [0.15, 0.2) is 0 Å². The second-order valence-corrected chi connectivity index (χ2v) is 3.11. The first-order chi connectivity index (χ1) is 5.72. The first-order valence-electron chi connectivity index (χ1n) is 4.22. The van der Waals surface area contributed by atoms with Crippen LogP contribution in [0.1, 0.15) is 19.8 Å². The Morgan fingerprint density at radius 1 is 1.67 bits per heavy atom. The molecule has 0 aromatic heterocycles. The molecule has 12 heavy (non-hydrogen) atoms. The molecule has 0 bridgehead atoms. The Kier molecular flexibility index (Phi) is 3.49. The standard InChI is InChI=1S/C8H15NO3/c1-6(11)9-7-2-3-8(4-10)12-5-7/h7-8,10H,2-5H2,1H3,(H,9,11)/t7-,8+/m0/s1. The molecule has 0 aromatic rings. The maximum atomic E-state index is 10.6. The van der Waals surface area contributed by atoms with Gasteiger partial charge in [-0.25, -0.2) is 0 Å². The van der Waals surface area contributed by atoms with Crippen LogP contribution in [0.4, 0.5) is 0 Å². The van der Waals surface area contributed by atoms with Crippen molar-refractivity contribution < 1.29 is 14.6 Å². The number of hydrogen-bond acceptors (Lipinski definition) is 3. The Morgan fingerprint density at radius 2 is 2.42 bits per heavy atom. The first kappa shape index (κ1) is 9.48. The van der Waals surface area contributed by atoms with Crippen molar-refractivity contribution >= 4 is 5.91 Å². The maximum Gasteiger partial charge on any atom is 0.217 e. The number of carbonyl (C=O) groups is 1. The molecule has 1 aliphatic heterocycles. The summed E-state index contributed by atoms with van der Waals surface area (Å²) in [5.41, 5.74) is 0. The largest absolute Gasteiger partial charge is 0.394 e.